The van der Waals surface area contributed by atoms with Crippen LogP contribution in [0.15, 0.2) is 78.0 Å². The summed E-state index contributed by atoms with van der Waals surface area (Å²) in [6.45, 7) is 0.386. The second-order valence-electron chi connectivity index (χ2n) is 5.86. The van der Waals surface area contributed by atoms with Crippen LogP contribution in [-0.2, 0) is 6.54 Å². The van der Waals surface area contributed by atoms with Crippen LogP contribution in [0.3, 0.4) is 0 Å². The number of ether oxygens (including phenoxy) is 1. The molecule has 0 aliphatic carbocycles. The Morgan fingerprint density at radius 3 is 2.71 bits per heavy atom. The van der Waals surface area contributed by atoms with Gasteiger partial charge in [0.1, 0.15) is 17.9 Å². The molecule has 0 saturated heterocycles. The third kappa shape index (κ3) is 5.01. The molecule has 0 radical (unpaired) electrons. The highest BCUT2D eigenvalue weighted by Crippen LogP contribution is 2.24. The molecule has 0 aliphatic rings. The van der Waals surface area contributed by atoms with Crippen molar-refractivity contribution < 1.29 is 9.53 Å². The molecule has 1 amide bonds. The number of benzene rings is 2. The van der Waals surface area contributed by atoms with Gasteiger partial charge in [-0.05, 0) is 29.3 Å². The third-order valence-electron chi connectivity index (χ3n) is 3.90. The molecular weight excluding hydrogens is 354 g/mol. The maximum absolute atomic E-state index is 12.0. The van der Waals surface area contributed by atoms with Crippen LogP contribution in [0.25, 0.3) is 11.1 Å². The lowest BCUT2D eigenvalue weighted by Gasteiger charge is -2.09. The van der Waals surface area contributed by atoms with Crippen molar-refractivity contribution in [3.8, 4) is 16.9 Å². The Morgan fingerprint density at radius 1 is 1.11 bits per heavy atom. The number of amides is 1. The van der Waals surface area contributed by atoms with E-state index in [0.29, 0.717) is 17.9 Å². The van der Waals surface area contributed by atoms with Crippen LogP contribution >= 0.6 is 0 Å². The summed E-state index contributed by atoms with van der Waals surface area (Å²) in [5.41, 5.74) is 9.00. The van der Waals surface area contributed by atoms with Gasteiger partial charge in [0.15, 0.2) is 0 Å². The largest absolute Gasteiger partial charge is 0.412 e. The summed E-state index contributed by atoms with van der Waals surface area (Å²) in [6.07, 6.45) is 3.60. The van der Waals surface area contributed by atoms with Crippen molar-refractivity contribution in [1.82, 2.24) is 10.3 Å². The standard InChI is InChI=1S/C21H19N5O2/c22-14-26-20(23)18-9-17(12-24-13-18)16-7-4-8-19(10-16)28-21(27)25-11-15-5-2-1-3-6-15/h1-10,12-14H,11H2,(H,25,27)(H3,22,23,26). The summed E-state index contributed by atoms with van der Waals surface area (Å²) in [5, 5.41) is 9.73. The molecule has 7 heteroatoms. The smallest absolute Gasteiger partial charge is 0.410 e. The van der Waals surface area contributed by atoms with Crippen molar-refractivity contribution in [2.24, 2.45) is 10.7 Å². The average Bonchev–Trinajstić information content (AvgIpc) is 2.73. The summed E-state index contributed by atoms with van der Waals surface area (Å²) in [6, 6.07) is 18.5. The van der Waals surface area contributed by atoms with Crippen LogP contribution in [0.4, 0.5) is 4.79 Å². The first-order valence-corrected chi connectivity index (χ1v) is 8.53. The molecule has 0 aliphatic heterocycles. The molecule has 3 aromatic rings. The Kier molecular flexibility index (Phi) is 6.10. The molecule has 0 saturated carbocycles. The Hall–Kier alpha value is -4.00. The van der Waals surface area contributed by atoms with Gasteiger partial charge in [-0.15, -0.1) is 0 Å². The van der Waals surface area contributed by atoms with Crippen LogP contribution in [0, 0.1) is 5.41 Å². The zero-order chi connectivity index (χ0) is 19.8. The maximum Gasteiger partial charge on any atom is 0.412 e. The molecule has 2 aromatic carbocycles. The number of nitrogens with two attached hydrogens (primary N) is 1. The summed E-state index contributed by atoms with van der Waals surface area (Å²) in [4.78, 5) is 20.0. The molecule has 7 nitrogen and oxygen atoms in total. The van der Waals surface area contributed by atoms with Crippen molar-refractivity contribution in [1.29, 1.82) is 5.41 Å². The summed E-state index contributed by atoms with van der Waals surface area (Å²) in [5.74, 6) is 0.617. The molecule has 1 heterocycles. The number of rotatable bonds is 6. The summed E-state index contributed by atoms with van der Waals surface area (Å²) >= 11 is 0. The van der Waals surface area contributed by atoms with Gasteiger partial charge in [-0.25, -0.2) is 9.79 Å². The zero-order valence-corrected chi connectivity index (χ0v) is 15.0. The minimum Gasteiger partial charge on any atom is -0.410 e. The minimum atomic E-state index is -0.532. The van der Waals surface area contributed by atoms with Crippen LogP contribution in [0.1, 0.15) is 11.1 Å². The number of carbonyl (C=O) groups excluding carboxylic acids is 1. The summed E-state index contributed by atoms with van der Waals surface area (Å²) < 4.78 is 5.37. The Bertz CT molecular complexity index is 1000. The van der Waals surface area contributed by atoms with Crippen LogP contribution < -0.4 is 15.8 Å². The first kappa shape index (κ1) is 18.8. The van der Waals surface area contributed by atoms with Crippen molar-refractivity contribution in [2.75, 3.05) is 0 Å². The quantitative estimate of drug-likeness (QED) is 0.454. The lowest BCUT2D eigenvalue weighted by molar-refractivity contribution is 0.200. The van der Waals surface area contributed by atoms with E-state index >= 15 is 0 Å². The predicted octanol–water partition coefficient (Wildman–Crippen LogP) is 3.35. The summed E-state index contributed by atoms with van der Waals surface area (Å²) in [7, 11) is 0. The van der Waals surface area contributed by atoms with E-state index in [0.717, 1.165) is 23.0 Å². The normalized spacial score (nSPS) is 10.9. The van der Waals surface area contributed by atoms with Crippen molar-refractivity contribution in [3.63, 3.8) is 0 Å². The topological polar surface area (TPSA) is 113 Å². The number of aliphatic imine (C=N–C) groups is 1. The van der Waals surface area contributed by atoms with E-state index < -0.39 is 6.09 Å². The Morgan fingerprint density at radius 2 is 1.93 bits per heavy atom. The molecule has 0 bridgehead atoms. The zero-order valence-electron chi connectivity index (χ0n) is 15.0. The predicted molar refractivity (Wildman–Crippen MR) is 108 cm³/mol. The lowest BCUT2D eigenvalue weighted by atomic mass is 10.1. The van der Waals surface area contributed by atoms with Gasteiger partial charge >= 0.3 is 6.09 Å². The number of pyridine rings is 1. The SMILES string of the molecule is N=CN=C(N)c1cncc(-c2cccc(OC(=O)NCc3ccccc3)c2)c1. The van der Waals surface area contributed by atoms with Crippen molar-refractivity contribution >= 4 is 18.3 Å². The third-order valence-corrected chi connectivity index (χ3v) is 3.90. The molecule has 1 aromatic heterocycles. The number of hydrogen-bond donors (Lipinski definition) is 3. The molecule has 0 fully saturated rings. The molecule has 28 heavy (non-hydrogen) atoms. The van der Waals surface area contributed by atoms with Crippen molar-refractivity contribution in [3.05, 3.63) is 84.2 Å². The molecular formula is C21H19N5O2. The molecule has 4 N–H and O–H groups in total. The van der Waals surface area contributed by atoms with Gasteiger partial charge in [-0.1, -0.05) is 42.5 Å². The highest BCUT2D eigenvalue weighted by molar-refractivity contribution is 6.01. The van der Waals surface area contributed by atoms with Gasteiger partial charge in [0.25, 0.3) is 0 Å². The van der Waals surface area contributed by atoms with Gasteiger partial charge in [-0.3, -0.25) is 10.4 Å². The first-order valence-electron chi connectivity index (χ1n) is 8.53. The number of amidine groups is 1. The monoisotopic (exact) mass is 373 g/mol. The maximum atomic E-state index is 12.0. The Balaban J connectivity index is 1.70. The fraction of sp³-hybridized carbons (Fsp3) is 0.0476. The van der Waals surface area contributed by atoms with E-state index in [1.165, 1.54) is 0 Å². The second-order valence-corrected chi connectivity index (χ2v) is 5.86. The molecule has 0 spiro atoms. The van der Waals surface area contributed by atoms with E-state index in [1.54, 1.807) is 30.6 Å². The van der Waals surface area contributed by atoms with Crippen LogP contribution in [0.2, 0.25) is 0 Å². The van der Waals surface area contributed by atoms with Gasteiger partial charge in [0.05, 0.1) is 0 Å². The molecule has 140 valence electrons. The number of nitrogens with zero attached hydrogens (tertiary/aromatic N) is 2. The number of hydrogen-bond acceptors (Lipinski definition) is 4. The number of nitrogens with one attached hydrogen (secondary N) is 2. The molecule has 3 rings (SSSR count). The van der Waals surface area contributed by atoms with Gasteiger partial charge < -0.3 is 15.8 Å². The van der Waals surface area contributed by atoms with Gasteiger partial charge in [0, 0.05) is 30.1 Å². The number of aromatic nitrogens is 1. The Labute approximate surface area is 162 Å². The van der Waals surface area contributed by atoms with E-state index in [4.69, 9.17) is 15.9 Å². The van der Waals surface area contributed by atoms with E-state index in [9.17, 15) is 4.79 Å². The first-order chi connectivity index (χ1) is 13.7. The van der Waals surface area contributed by atoms with Crippen LogP contribution in [-0.4, -0.2) is 23.3 Å². The average molecular weight is 373 g/mol. The van der Waals surface area contributed by atoms with Gasteiger partial charge in [-0.2, -0.15) is 0 Å². The van der Waals surface area contributed by atoms with E-state index in [1.807, 2.05) is 42.5 Å². The highest BCUT2D eigenvalue weighted by atomic mass is 16.6. The minimum absolute atomic E-state index is 0.206. The fourth-order valence-corrected chi connectivity index (χ4v) is 2.53. The highest BCUT2D eigenvalue weighted by Gasteiger charge is 2.07. The van der Waals surface area contributed by atoms with Crippen molar-refractivity contribution in [2.45, 2.75) is 6.54 Å². The van der Waals surface area contributed by atoms with Crippen LogP contribution in [0.5, 0.6) is 5.75 Å². The molecule has 0 unspecified atom stereocenters. The molecule has 0 atom stereocenters. The fourth-order valence-electron chi connectivity index (χ4n) is 2.53. The lowest BCUT2D eigenvalue weighted by Crippen LogP contribution is -2.26. The second kappa shape index (κ2) is 9.09. The van der Waals surface area contributed by atoms with E-state index in [-0.39, 0.29) is 5.84 Å². The van der Waals surface area contributed by atoms with Gasteiger partial charge in [0.2, 0.25) is 0 Å². The van der Waals surface area contributed by atoms with E-state index in [2.05, 4.69) is 15.3 Å². The number of carbonyl (C=O) groups is 1.